The van der Waals surface area contributed by atoms with Crippen LogP contribution in [0.2, 0.25) is 18.1 Å². The van der Waals surface area contributed by atoms with E-state index in [9.17, 15) is 9.59 Å². The van der Waals surface area contributed by atoms with Crippen LogP contribution in [0.3, 0.4) is 0 Å². The number of aromatic nitrogens is 2. The minimum atomic E-state index is -2.03. The summed E-state index contributed by atoms with van der Waals surface area (Å²) in [5.74, 6) is -1.86. The van der Waals surface area contributed by atoms with Crippen molar-refractivity contribution >= 4 is 20.1 Å². The van der Waals surface area contributed by atoms with Crippen LogP contribution in [-0.4, -0.2) is 41.4 Å². The molecule has 0 aliphatic heterocycles. The number of hydrogen-bond acceptors (Lipinski definition) is 6. The summed E-state index contributed by atoms with van der Waals surface area (Å²) in [7, 11) is -2.03. The predicted octanol–water partition coefficient (Wildman–Crippen LogP) is 3.63. The molecule has 1 aromatic heterocycles. The Kier molecular flexibility index (Phi) is 6.84. The molecule has 0 saturated heterocycles. The second-order valence-electron chi connectivity index (χ2n) is 7.90. The SMILES string of the molecule is CC(C)=C[C@H](CC(=O)Cc1nc(C(=O)O)no1)O[Si](C)(C)C(C)(C)C. The van der Waals surface area contributed by atoms with Crippen LogP contribution >= 0.6 is 0 Å². The number of carbonyl (C=O) groups excluding carboxylic acids is 1. The zero-order chi connectivity index (χ0) is 19.4. The average Bonchev–Trinajstić information content (AvgIpc) is 2.84. The lowest BCUT2D eigenvalue weighted by Crippen LogP contribution is -2.44. The Balaban J connectivity index is 2.82. The molecule has 0 bridgehead atoms. The van der Waals surface area contributed by atoms with Crippen molar-refractivity contribution in [1.82, 2.24) is 10.1 Å². The van der Waals surface area contributed by atoms with E-state index in [1.54, 1.807) is 0 Å². The molecule has 1 aromatic rings. The molecule has 140 valence electrons. The first-order chi connectivity index (χ1) is 11.3. The van der Waals surface area contributed by atoms with Crippen molar-refractivity contribution in [2.75, 3.05) is 0 Å². The molecule has 1 rings (SSSR count). The number of aromatic carboxylic acids is 1. The lowest BCUT2D eigenvalue weighted by Gasteiger charge is -2.38. The molecule has 0 spiro atoms. The molecule has 0 fully saturated rings. The summed E-state index contributed by atoms with van der Waals surface area (Å²) in [5, 5.41) is 12.1. The van der Waals surface area contributed by atoms with E-state index in [0.29, 0.717) is 0 Å². The van der Waals surface area contributed by atoms with Crippen LogP contribution < -0.4 is 0 Å². The van der Waals surface area contributed by atoms with Crippen molar-refractivity contribution < 1.29 is 23.6 Å². The summed E-state index contributed by atoms with van der Waals surface area (Å²) in [6.07, 6.45) is 1.71. The van der Waals surface area contributed by atoms with E-state index in [1.165, 1.54) is 0 Å². The molecule has 0 unspecified atom stereocenters. The third kappa shape index (κ3) is 6.54. The second kappa shape index (κ2) is 8.05. The summed E-state index contributed by atoms with van der Waals surface area (Å²) in [6.45, 7) is 14.6. The molecule has 1 heterocycles. The summed E-state index contributed by atoms with van der Waals surface area (Å²) in [6, 6.07) is 0. The van der Waals surface area contributed by atoms with E-state index in [1.807, 2.05) is 19.9 Å². The second-order valence-corrected chi connectivity index (χ2v) is 12.7. The maximum absolute atomic E-state index is 12.3. The van der Waals surface area contributed by atoms with Crippen LogP contribution in [0.5, 0.6) is 0 Å². The lowest BCUT2D eigenvalue weighted by atomic mass is 10.1. The van der Waals surface area contributed by atoms with Crippen molar-refractivity contribution in [3.05, 3.63) is 23.4 Å². The van der Waals surface area contributed by atoms with Crippen LogP contribution in [-0.2, 0) is 15.6 Å². The van der Waals surface area contributed by atoms with E-state index in [0.717, 1.165) is 5.57 Å². The quantitative estimate of drug-likeness (QED) is 0.552. The number of Topliss-reactive ketones (excluding diaryl/α,β-unsaturated/α-hetero) is 1. The highest BCUT2D eigenvalue weighted by Crippen LogP contribution is 2.37. The molecule has 1 atom stereocenters. The largest absolute Gasteiger partial charge is 0.475 e. The van der Waals surface area contributed by atoms with Crippen molar-refractivity contribution in [1.29, 1.82) is 0 Å². The van der Waals surface area contributed by atoms with Crippen LogP contribution in [0.25, 0.3) is 0 Å². The van der Waals surface area contributed by atoms with Crippen molar-refractivity contribution in [3.8, 4) is 0 Å². The monoisotopic (exact) mass is 368 g/mol. The number of nitrogens with zero attached hydrogens (tertiary/aromatic N) is 2. The number of carbonyl (C=O) groups is 2. The van der Waals surface area contributed by atoms with Crippen LogP contribution in [0.1, 0.15) is 57.5 Å². The zero-order valence-corrected chi connectivity index (χ0v) is 17.0. The van der Waals surface area contributed by atoms with Gasteiger partial charge in [-0.3, -0.25) is 4.79 Å². The van der Waals surface area contributed by atoms with Gasteiger partial charge in [-0.2, -0.15) is 4.98 Å². The van der Waals surface area contributed by atoms with Gasteiger partial charge in [0.2, 0.25) is 5.89 Å². The van der Waals surface area contributed by atoms with Gasteiger partial charge in [0.05, 0.1) is 12.5 Å². The number of rotatable bonds is 8. The number of carboxylic acid groups (broad SMARTS) is 1. The van der Waals surface area contributed by atoms with Gasteiger partial charge in [-0.05, 0) is 37.1 Å². The lowest BCUT2D eigenvalue weighted by molar-refractivity contribution is -0.120. The average molecular weight is 369 g/mol. The van der Waals surface area contributed by atoms with Gasteiger partial charge < -0.3 is 14.1 Å². The summed E-state index contributed by atoms with van der Waals surface area (Å²) >= 11 is 0. The number of ketones is 1. The summed E-state index contributed by atoms with van der Waals surface area (Å²) < 4.78 is 11.2. The maximum atomic E-state index is 12.3. The third-order valence-electron chi connectivity index (χ3n) is 4.21. The van der Waals surface area contributed by atoms with Gasteiger partial charge in [-0.15, -0.1) is 0 Å². The number of hydrogen-bond donors (Lipinski definition) is 1. The Hall–Kier alpha value is -1.80. The van der Waals surface area contributed by atoms with Gasteiger partial charge in [-0.1, -0.05) is 32.4 Å². The van der Waals surface area contributed by atoms with E-state index in [2.05, 4.69) is 44.0 Å². The number of allylic oxidation sites excluding steroid dienone is 1. The summed E-state index contributed by atoms with van der Waals surface area (Å²) in [5.41, 5.74) is 1.07. The summed E-state index contributed by atoms with van der Waals surface area (Å²) in [4.78, 5) is 26.8. The molecule has 0 radical (unpaired) electrons. The van der Waals surface area contributed by atoms with E-state index in [4.69, 9.17) is 14.1 Å². The van der Waals surface area contributed by atoms with Gasteiger partial charge in [0, 0.05) is 6.42 Å². The molecular weight excluding hydrogens is 340 g/mol. The third-order valence-corrected chi connectivity index (χ3v) is 8.71. The topological polar surface area (TPSA) is 103 Å². The smallest absolute Gasteiger partial charge is 0.377 e. The Labute approximate surface area is 149 Å². The van der Waals surface area contributed by atoms with E-state index < -0.39 is 20.1 Å². The highest BCUT2D eigenvalue weighted by Gasteiger charge is 2.39. The first-order valence-electron chi connectivity index (χ1n) is 8.22. The molecule has 1 N–H and O–H groups in total. The molecule has 0 aliphatic carbocycles. The maximum Gasteiger partial charge on any atom is 0.377 e. The molecule has 0 aliphatic rings. The highest BCUT2D eigenvalue weighted by molar-refractivity contribution is 6.74. The predicted molar refractivity (Wildman–Crippen MR) is 96.1 cm³/mol. The van der Waals surface area contributed by atoms with Gasteiger partial charge in [0.15, 0.2) is 8.32 Å². The molecule has 0 saturated carbocycles. The first kappa shape index (κ1) is 21.2. The van der Waals surface area contributed by atoms with Crippen LogP contribution in [0.4, 0.5) is 0 Å². The van der Waals surface area contributed by atoms with E-state index in [-0.39, 0.29) is 35.7 Å². The molecule has 7 nitrogen and oxygen atoms in total. The Morgan fingerprint density at radius 3 is 2.36 bits per heavy atom. The van der Waals surface area contributed by atoms with Crippen LogP contribution in [0, 0.1) is 0 Å². The van der Waals surface area contributed by atoms with Crippen molar-refractivity contribution in [2.45, 2.75) is 71.7 Å². The Bertz CT molecular complexity index is 654. The molecule has 0 amide bonds. The van der Waals surface area contributed by atoms with Gasteiger partial charge in [0.25, 0.3) is 5.82 Å². The normalized spacial score (nSPS) is 13.4. The highest BCUT2D eigenvalue weighted by atomic mass is 28.4. The minimum Gasteiger partial charge on any atom is -0.475 e. The molecule has 25 heavy (non-hydrogen) atoms. The minimum absolute atomic E-state index is 0.00526. The molecule has 0 aromatic carbocycles. The van der Waals surface area contributed by atoms with Crippen molar-refractivity contribution in [3.63, 3.8) is 0 Å². The fourth-order valence-electron chi connectivity index (χ4n) is 1.94. The zero-order valence-electron chi connectivity index (χ0n) is 16.0. The van der Waals surface area contributed by atoms with Gasteiger partial charge >= 0.3 is 5.97 Å². The fraction of sp³-hybridized carbons (Fsp3) is 0.647. The first-order valence-corrected chi connectivity index (χ1v) is 11.1. The van der Waals surface area contributed by atoms with Gasteiger partial charge in [0.1, 0.15) is 5.78 Å². The Morgan fingerprint density at radius 1 is 1.32 bits per heavy atom. The molecular formula is C17H28N2O5Si. The number of carboxylic acids is 1. The standard InChI is InChI=1S/C17H28N2O5Si/c1-11(2)8-13(24-25(6,7)17(3,4)5)9-12(20)10-14-18-15(16(21)22)19-23-14/h8,13H,9-10H2,1-7H3,(H,21,22)/t13-/m1/s1. The van der Waals surface area contributed by atoms with Crippen molar-refractivity contribution in [2.24, 2.45) is 0 Å². The Morgan fingerprint density at radius 2 is 1.92 bits per heavy atom. The van der Waals surface area contributed by atoms with Gasteiger partial charge in [-0.25, -0.2) is 4.79 Å². The molecule has 8 heteroatoms. The fourth-order valence-corrected chi connectivity index (χ4v) is 3.20. The van der Waals surface area contributed by atoms with Crippen LogP contribution in [0.15, 0.2) is 16.2 Å². The van der Waals surface area contributed by atoms with E-state index >= 15 is 0 Å².